The summed E-state index contributed by atoms with van der Waals surface area (Å²) in [5.41, 5.74) is 17.5. The molecule has 2 aromatic carbocycles. The van der Waals surface area contributed by atoms with Crippen LogP contribution in [0.3, 0.4) is 0 Å². The van der Waals surface area contributed by atoms with Gasteiger partial charge in [0.05, 0.1) is 67.9 Å². The first-order chi connectivity index (χ1) is 28.1. The van der Waals surface area contributed by atoms with Gasteiger partial charge in [0.25, 0.3) is 0 Å². The van der Waals surface area contributed by atoms with Crippen LogP contribution in [-0.2, 0) is 57.7 Å². The number of aliphatic hydroxyl groups is 1. The number of nitrogens with one attached hydrogen (secondary N) is 2. The molecule has 0 saturated carbocycles. The van der Waals surface area contributed by atoms with E-state index in [0.29, 0.717) is 32.8 Å². The third kappa shape index (κ3) is 15.7. The number of hydrogen-bond donors (Lipinski definition) is 5. The van der Waals surface area contributed by atoms with E-state index in [9.17, 15) is 24.3 Å². The van der Waals surface area contributed by atoms with Gasteiger partial charge in [-0.2, -0.15) is 0 Å². The smallest absolute Gasteiger partial charge is 0.246 e. The van der Waals surface area contributed by atoms with E-state index in [-0.39, 0.29) is 69.7 Å². The SMILES string of the molecule is Cc1ncsc1-c1ccc(CNC(=O)[C@@H]2C[C@@H](O)CN2C(=O)[C@@H](NC(=O)COCCOCCOCCc2ccc(CO[C@H](C)[C@@H](N)CCC(N)=O)cc2)C(C)(C)C)cc1. The monoisotopic (exact) mass is 838 g/mol. The maximum atomic E-state index is 13.9. The molecule has 1 aliphatic heterocycles. The van der Waals surface area contributed by atoms with Gasteiger partial charge in [0.15, 0.2) is 0 Å². The third-order valence-corrected chi connectivity index (χ3v) is 11.1. The fourth-order valence-electron chi connectivity index (χ4n) is 6.47. The minimum atomic E-state index is -0.956. The Morgan fingerprint density at radius 3 is 2.20 bits per heavy atom. The first kappa shape index (κ1) is 47.4. The molecule has 16 heteroatoms. The van der Waals surface area contributed by atoms with Crippen LogP contribution in [0, 0.1) is 12.3 Å². The van der Waals surface area contributed by atoms with Crippen LogP contribution in [-0.4, -0.2) is 115 Å². The molecule has 59 heavy (non-hydrogen) atoms. The highest BCUT2D eigenvalue weighted by atomic mass is 32.1. The summed E-state index contributed by atoms with van der Waals surface area (Å²) in [5, 5.41) is 16.2. The van der Waals surface area contributed by atoms with Gasteiger partial charge in [-0.1, -0.05) is 69.3 Å². The lowest BCUT2D eigenvalue weighted by Crippen LogP contribution is -2.58. The molecule has 0 bridgehead atoms. The lowest BCUT2D eigenvalue weighted by Gasteiger charge is -2.35. The maximum absolute atomic E-state index is 13.9. The second-order valence-electron chi connectivity index (χ2n) is 16.0. The van der Waals surface area contributed by atoms with E-state index in [1.165, 1.54) is 4.90 Å². The van der Waals surface area contributed by atoms with Crippen molar-refractivity contribution in [1.29, 1.82) is 0 Å². The molecule has 1 aromatic heterocycles. The van der Waals surface area contributed by atoms with Crippen LogP contribution in [0.2, 0.25) is 0 Å². The van der Waals surface area contributed by atoms with E-state index in [1.54, 1.807) is 11.3 Å². The number of rotatable bonds is 24. The van der Waals surface area contributed by atoms with Gasteiger partial charge in [-0.3, -0.25) is 19.2 Å². The van der Waals surface area contributed by atoms with E-state index in [2.05, 4.69) is 15.6 Å². The molecule has 2 heterocycles. The zero-order valence-corrected chi connectivity index (χ0v) is 35.8. The number of thiazole rings is 1. The molecule has 0 unspecified atom stereocenters. The zero-order valence-electron chi connectivity index (χ0n) is 34.9. The Morgan fingerprint density at radius 1 is 0.949 bits per heavy atom. The first-order valence-corrected chi connectivity index (χ1v) is 21.0. The van der Waals surface area contributed by atoms with Gasteiger partial charge in [-0.05, 0) is 54.4 Å². The number of carbonyl (C=O) groups is 4. The van der Waals surface area contributed by atoms with Crippen LogP contribution < -0.4 is 22.1 Å². The summed E-state index contributed by atoms with van der Waals surface area (Å²) >= 11 is 1.57. The number of primary amides is 1. The maximum Gasteiger partial charge on any atom is 0.246 e. The van der Waals surface area contributed by atoms with Crippen LogP contribution in [0.15, 0.2) is 54.0 Å². The lowest BCUT2D eigenvalue weighted by atomic mass is 9.85. The highest BCUT2D eigenvalue weighted by Gasteiger charge is 2.44. The molecule has 0 spiro atoms. The van der Waals surface area contributed by atoms with Crippen molar-refractivity contribution in [2.24, 2.45) is 16.9 Å². The number of nitrogens with zero attached hydrogens (tertiary/aromatic N) is 2. The molecule has 0 radical (unpaired) electrons. The molecule has 3 aromatic rings. The number of carbonyl (C=O) groups excluding carboxylic acids is 4. The fourth-order valence-corrected chi connectivity index (χ4v) is 7.29. The molecule has 1 fully saturated rings. The van der Waals surface area contributed by atoms with E-state index < -0.39 is 35.4 Å². The number of aryl methyl sites for hydroxylation is 1. The molecular formula is C43H62N6O9S. The van der Waals surface area contributed by atoms with E-state index >= 15 is 0 Å². The first-order valence-electron chi connectivity index (χ1n) is 20.1. The standard InChI is InChI=1S/C43H62N6O9S/c1-28-39(59-27-47-28)33-12-10-31(11-13-33)23-46-41(53)36-22-34(50)24-49(36)42(54)40(43(3,4)5)48-38(52)26-57-21-20-56-19-18-55-17-16-30-6-8-32(9-7-30)25-58-29(2)35(44)14-15-37(45)51/h6-13,27,29,34-36,40,50H,14-26,44H2,1-5H3,(H2,45,51)(H,46,53)(H,48,52)/t29-,34-,35+,36+,40-/m1/s1. The quantitative estimate of drug-likeness (QED) is 0.0827. The van der Waals surface area contributed by atoms with Crippen LogP contribution in [0.4, 0.5) is 0 Å². The van der Waals surface area contributed by atoms with Gasteiger partial charge in [0.2, 0.25) is 23.6 Å². The zero-order chi connectivity index (χ0) is 43.0. The molecule has 7 N–H and O–H groups in total. The number of aromatic nitrogens is 1. The number of benzene rings is 2. The molecule has 324 valence electrons. The van der Waals surface area contributed by atoms with Crippen LogP contribution in [0.5, 0.6) is 0 Å². The summed E-state index contributed by atoms with van der Waals surface area (Å²) in [6.07, 6.45) is 0.502. The molecule has 0 aliphatic carbocycles. The fraction of sp³-hybridized carbons (Fsp3) is 0.558. The molecular weight excluding hydrogens is 777 g/mol. The summed E-state index contributed by atoms with van der Waals surface area (Å²) in [4.78, 5) is 57.9. The second-order valence-corrected chi connectivity index (χ2v) is 16.8. The highest BCUT2D eigenvalue weighted by molar-refractivity contribution is 7.13. The van der Waals surface area contributed by atoms with Gasteiger partial charge >= 0.3 is 0 Å². The summed E-state index contributed by atoms with van der Waals surface area (Å²) in [5.74, 6) is -1.66. The average molecular weight is 839 g/mol. The van der Waals surface area contributed by atoms with Crippen molar-refractivity contribution in [3.8, 4) is 10.4 Å². The number of hydrogen-bond acceptors (Lipinski definition) is 12. The number of nitrogens with two attached hydrogens (primary N) is 2. The Balaban J connectivity index is 1.10. The van der Waals surface area contributed by atoms with Gasteiger partial charge in [-0.25, -0.2) is 4.98 Å². The molecule has 5 atom stereocenters. The Morgan fingerprint density at radius 2 is 1.58 bits per heavy atom. The summed E-state index contributed by atoms with van der Waals surface area (Å²) < 4.78 is 22.6. The lowest BCUT2D eigenvalue weighted by molar-refractivity contribution is -0.144. The Labute approximate surface area is 351 Å². The van der Waals surface area contributed by atoms with Gasteiger partial charge in [0.1, 0.15) is 18.7 Å². The number of aliphatic hydroxyl groups excluding tert-OH is 1. The Hall–Kier alpha value is -4.29. The van der Waals surface area contributed by atoms with Crippen LogP contribution >= 0.6 is 11.3 Å². The number of likely N-dealkylation sites (tertiary alicyclic amines) is 1. The largest absolute Gasteiger partial charge is 0.391 e. The molecule has 4 rings (SSSR count). The highest BCUT2D eigenvalue weighted by Crippen LogP contribution is 2.28. The minimum absolute atomic E-state index is 0.0120. The van der Waals surface area contributed by atoms with Crippen molar-refractivity contribution in [3.63, 3.8) is 0 Å². The Bertz CT molecular complexity index is 1780. The molecule has 1 aliphatic rings. The number of ether oxygens (including phenoxy) is 4. The van der Waals surface area contributed by atoms with E-state index in [0.717, 1.165) is 39.2 Å². The molecule has 1 saturated heterocycles. The van der Waals surface area contributed by atoms with Gasteiger partial charge < -0.3 is 51.1 Å². The van der Waals surface area contributed by atoms with Crippen molar-refractivity contribution in [1.82, 2.24) is 20.5 Å². The van der Waals surface area contributed by atoms with Crippen molar-refractivity contribution in [2.75, 3.05) is 46.2 Å². The van der Waals surface area contributed by atoms with Crippen molar-refractivity contribution in [3.05, 3.63) is 76.4 Å². The van der Waals surface area contributed by atoms with Gasteiger partial charge in [0, 0.05) is 32.0 Å². The van der Waals surface area contributed by atoms with Crippen molar-refractivity contribution >= 4 is 35.0 Å². The average Bonchev–Trinajstić information content (AvgIpc) is 3.82. The normalized spacial score (nSPS) is 17.0. The van der Waals surface area contributed by atoms with E-state index in [1.807, 2.05) is 88.7 Å². The van der Waals surface area contributed by atoms with E-state index in [4.69, 9.17) is 30.4 Å². The van der Waals surface area contributed by atoms with Crippen molar-refractivity contribution < 1.29 is 43.2 Å². The summed E-state index contributed by atoms with van der Waals surface area (Å²) in [7, 11) is 0. The topological polar surface area (TPSA) is 218 Å². The Kier molecular flexibility index (Phi) is 18.9. The predicted octanol–water partition coefficient (Wildman–Crippen LogP) is 3.02. The summed E-state index contributed by atoms with van der Waals surface area (Å²) in [6.45, 7) is 11.5. The second kappa shape index (κ2) is 23.5. The molecule has 4 amide bonds. The number of amides is 4. The summed E-state index contributed by atoms with van der Waals surface area (Å²) in [6, 6.07) is 13.8. The molecule has 15 nitrogen and oxygen atoms in total. The third-order valence-electron chi connectivity index (χ3n) is 10.1. The van der Waals surface area contributed by atoms with Crippen molar-refractivity contribution in [2.45, 2.75) is 104 Å². The van der Waals surface area contributed by atoms with Crippen LogP contribution in [0.25, 0.3) is 10.4 Å². The van der Waals surface area contributed by atoms with Gasteiger partial charge in [-0.15, -0.1) is 11.3 Å². The van der Waals surface area contributed by atoms with Crippen LogP contribution in [0.1, 0.15) is 69.3 Å². The predicted molar refractivity (Wildman–Crippen MR) is 225 cm³/mol. The number of β-amino-alcohol motifs (C(OH)–C–C–N with tert-alkyl or cyclic N) is 1. The minimum Gasteiger partial charge on any atom is -0.391 e.